The van der Waals surface area contributed by atoms with Crippen LogP contribution >= 0.6 is 27.3 Å². The molecule has 0 radical (unpaired) electrons. The largest absolute Gasteiger partial charge is 0.375 e. The zero-order valence-corrected chi connectivity index (χ0v) is 10.7. The van der Waals surface area contributed by atoms with Crippen LogP contribution in [0.5, 0.6) is 0 Å². The van der Waals surface area contributed by atoms with Crippen molar-refractivity contribution in [3.8, 4) is 0 Å². The van der Waals surface area contributed by atoms with Gasteiger partial charge in [0.05, 0.1) is 9.48 Å². The Morgan fingerprint density at radius 3 is 2.73 bits per heavy atom. The van der Waals surface area contributed by atoms with Crippen LogP contribution in [-0.4, -0.2) is 4.98 Å². The fourth-order valence-electron chi connectivity index (χ4n) is 1.45. The van der Waals surface area contributed by atoms with E-state index in [4.69, 9.17) is 5.73 Å². The number of aryl methyl sites for hydroxylation is 1. The Labute approximate surface area is 101 Å². The summed E-state index contributed by atoms with van der Waals surface area (Å²) < 4.78 is 1.03. The first-order chi connectivity index (χ1) is 7.16. The van der Waals surface area contributed by atoms with Gasteiger partial charge in [0.15, 0.2) is 5.13 Å². The molecule has 0 aliphatic carbocycles. The van der Waals surface area contributed by atoms with E-state index in [2.05, 4.69) is 40.0 Å². The summed E-state index contributed by atoms with van der Waals surface area (Å²) in [4.78, 5) is 4.30. The number of hydrogen-bond acceptors (Lipinski definition) is 3. The lowest BCUT2D eigenvalue weighted by atomic mass is 10.1. The number of nitrogens with zero attached hydrogens (tertiary/aromatic N) is 1. The number of hydrogen-bond donors (Lipinski definition) is 1. The summed E-state index contributed by atoms with van der Waals surface area (Å²) in [5.41, 5.74) is 9.25. The SMILES string of the molecule is Cc1ccccc1Cc1nc(N)sc1Br. The normalized spacial score (nSPS) is 10.5. The maximum atomic E-state index is 5.65. The highest BCUT2D eigenvalue weighted by Gasteiger charge is 2.08. The quantitative estimate of drug-likeness (QED) is 0.917. The van der Waals surface area contributed by atoms with Gasteiger partial charge in [-0.2, -0.15) is 0 Å². The van der Waals surface area contributed by atoms with Gasteiger partial charge in [-0.25, -0.2) is 4.98 Å². The first-order valence-corrected chi connectivity index (χ1v) is 6.23. The van der Waals surface area contributed by atoms with Crippen molar-refractivity contribution in [2.75, 3.05) is 5.73 Å². The van der Waals surface area contributed by atoms with Crippen LogP contribution in [0, 0.1) is 6.92 Å². The summed E-state index contributed by atoms with van der Waals surface area (Å²) in [6, 6.07) is 8.32. The van der Waals surface area contributed by atoms with E-state index >= 15 is 0 Å². The Bertz CT molecular complexity index is 479. The molecule has 0 bridgehead atoms. The van der Waals surface area contributed by atoms with Crippen molar-refractivity contribution in [1.29, 1.82) is 0 Å². The van der Waals surface area contributed by atoms with E-state index < -0.39 is 0 Å². The molecule has 1 aromatic carbocycles. The topological polar surface area (TPSA) is 38.9 Å². The minimum atomic E-state index is 0.616. The molecule has 0 unspecified atom stereocenters. The van der Waals surface area contributed by atoms with Gasteiger partial charge in [0.1, 0.15) is 0 Å². The molecule has 0 atom stereocenters. The van der Waals surface area contributed by atoms with Gasteiger partial charge < -0.3 is 5.73 Å². The molecule has 4 heteroatoms. The molecule has 0 saturated carbocycles. The molecule has 0 aliphatic heterocycles. The highest BCUT2D eigenvalue weighted by molar-refractivity contribution is 9.11. The predicted octanol–water partition coefficient (Wildman–Crippen LogP) is 3.39. The lowest BCUT2D eigenvalue weighted by molar-refractivity contribution is 1.08. The van der Waals surface area contributed by atoms with Crippen LogP contribution in [-0.2, 0) is 6.42 Å². The maximum Gasteiger partial charge on any atom is 0.181 e. The summed E-state index contributed by atoms with van der Waals surface area (Å²) >= 11 is 4.95. The van der Waals surface area contributed by atoms with E-state index in [1.807, 2.05) is 12.1 Å². The lowest BCUT2D eigenvalue weighted by Crippen LogP contribution is -1.93. The van der Waals surface area contributed by atoms with Crippen molar-refractivity contribution in [3.05, 3.63) is 44.9 Å². The zero-order chi connectivity index (χ0) is 10.8. The van der Waals surface area contributed by atoms with Gasteiger partial charge in [0.25, 0.3) is 0 Å². The molecule has 0 aliphatic rings. The number of nitrogens with two attached hydrogens (primary N) is 1. The Morgan fingerprint density at radius 1 is 1.40 bits per heavy atom. The highest BCUT2D eigenvalue weighted by atomic mass is 79.9. The van der Waals surface area contributed by atoms with E-state index in [9.17, 15) is 0 Å². The van der Waals surface area contributed by atoms with Crippen LogP contribution in [0.4, 0.5) is 5.13 Å². The van der Waals surface area contributed by atoms with E-state index in [0.29, 0.717) is 5.13 Å². The van der Waals surface area contributed by atoms with Crippen LogP contribution in [0.1, 0.15) is 16.8 Å². The maximum absolute atomic E-state index is 5.65. The van der Waals surface area contributed by atoms with Gasteiger partial charge >= 0.3 is 0 Å². The summed E-state index contributed by atoms with van der Waals surface area (Å²) in [5, 5.41) is 0.616. The predicted molar refractivity (Wildman–Crippen MR) is 68.2 cm³/mol. The number of halogens is 1. The minimum Gasteiger partial charge on any atom is -0.375 e. The number of rotatable bonds is 2. The third kappa shape index (κ3) is 2.38. The standard InChI is InChI=1S/C11H11BrN2S/c1-7-4-2-3-5-8(7)6-9-10(12)15-11(13)14-9/h2-5H,6H2,1H3,(H2,13,14). The summed E-state index contributed by atoms with van der Waals surface area (Å²) in [7, 11) is 0. The molecular formula is C11H11BrN2S. The van der Waals surface area contributed by atoms with Gasteiger partial charge in [0, 0.05) is 6.42 Å². The molecule has 0 fully saturated rings. The van der Waals surface area contributed by atoms with Gasteiger partial charge in [-0.15, -0.1) is 0 Å². The molecule has 2 rings (SSSR count). The van der Waals surface area contributed by atoms with Crippen molar-refractivity contribution in [1.82, 2.24) is 4.98 Å². The molecule has 0 saturated heterocycles. The Morgan fingerprint density at radius 2 is 2.13 bits per heavy atom. The third-order valence-corrected chi connectivity index (χ3v) is 3.94. The molecule has 0 amide bonds. The summed E-state index contributed by atoms with van der Waals surface area (Å²) in [6.07, 6.45) is 0.834. The van der Waals surface area contributed by atoms with Crippen molar-refractivity contribution >= 4 is 32.4 Å². The third-order valence-electron chi connectivity index (χ3n) is 2.29. The molecule has 78 valence electrons. The van der Waals surface area contributed by atoms with Gasteiger partial charge in [-0.1, -0.05) is 35.6 Å². The van der Waals surface area contributed by atoms with Crippen LogP contribution in [0.2, 0.25) is 0 Å². The van der Waals surface area contributed by atoms with Crippen LogP contribution < -0.4 is 5.73 Å². The first-order valence-electron chi connectivity index (χ1n) is 4.62. The fraction of sp³-hybridized carbons (Fsp3) is 0.182. The Balaban J connectivity index is 2.29. The summed E-state index contributed by atoms with van der Waals surface area (Å²) in [6.45, 7) is 2.11. The van der Waals surface area contributed by atoms with Crippen molar-refractivity contribution in [2.45, 2.75) is 13.3 Å². The molecular weight excluding hydrogens is 272 g/mol. The van der Waals surface area contributed by atoms with Crippen molar-refractivity contribution < 1.29 is 0 Å². The molecule has 1 aromatic heterocycles. The van der Waals surface area contributed by atoms with Crippen molar-refractivity contribution in [2.24, 2.45) is 0 Å². The second-order valence-corrected chi connectivity index (χ2v) is 5.72. The van der Waals surface area contributed by atoms with Crippen LogP contribution in [0.15, 0.2) is 28.1 Å². The highest BCUT2D eigenvalue weighted by Crippen LogP contribution is 2.28. The van der Waals surface area contributed by atoms with Crippen molar-refractivity contribution in [3.63, 3.8) is 0 Å². The smallest absolute Gasteiger partial charge is 0.181 e. The molecule has 1 heterocycles. The molecule has 2 aromatic rings. The van der Waals surface area contributed by atoms with E-state index in [1.54, 1.807) is 0 Å². The molecule has 15 heavy (non-hydrogen) atoms. The van der Waals surface area contributed by atoms with Crippen LogP contribution in [0.3, 0.4) is 0 Å². The van der Waals surface area contributed by atoms with Gasteiger partial charge in [-0.3, -0.25) is 0 Å². The van der Waals surface area contributed by atoms with E-state index in [1.165, 1.54) is 22.5 Å². The number of nitrogen functional groups attached to an aromatic ring is 1. The number of thiazole rings is 1. The molecule has 2 N–H and O–H groups in total. The fourth-order valence-corrected chi connectivity index (χ4v) is 2.75. The van der Waals surface area contributed by atoms with E-state index in [0.717, 1.165) is 15.9 Å². The number of aromatic nitrogens is 1. The number of benzene rings is 1. The Kier molecular flexibility index (Phi) is 3.07. The van der Waals surface area contributed by atoms with Gasteiger partial charge in [0.2, 0.25) is 0 Å². The van der Waals surface area contributed by atoms with Gasteiger partial charge in [-0.05, 0) is 34.0 Å². The zero-order valence-electron chi connectivity index (χ0n) is 8.33. The van der Waals surface area contributed by atoms with E-state index in [-0.39, 0.29) is 0 Å². The minimum absolute atomic E-state index is 0.616. The monoisotopic (exact) mass is 282 g/mol. The Hall–Kier alpha value is -0.870. The first kappa shape index (κ1) is 10.6. The molecule has 0 spiro atoms. The second kappa shape index (κ2) is 4.33. The second-order valence-electron chi connectivity index (χ2n) is 3.38. The molecule has 2 nitrogen and oxygen atoms in total. The average molecular weight is 283 g/mol. The average Bonchev–Trinajstić information content (AvgIpc) is 2.49. The van der Waals surface area contributed by atoms with Crippen LogP contribution in [0.25, 0.3) is 0 Å². The lowest BCUT2D eigenvalue weighted by Gasteiger charge is -2.02. The number of anilines is 1. The summed E-state index contributed by atoms with van der Waals surface area (Å²) in [5.74, 6) is 0.